The van der Waals surface area contributed by atoms with E-state index in [1.807, 2.05) is 24.3 Å². The number of ether oxygens (including phenoxy) is 1. The first-order chi connectivity index (χ1) is 9.67. The molecule has 2 rings (SSSR count). The van der Waals surface area contributed by atoms with Crippen LogP contribution >= 0.6 is 0 Å². The molecule has 0 aliphatic heterocycles. The fraction of sp³-hybridized carbons (Fsp3) is 0.333. The van der Waals surface area contributed by atoms with Crippen molar-refractivity contribution >= 4 is 0 Å². The van der Waals surface area contributed by atoms with Crippen molar-refractivity contribution < 1.29 is 9.84 Å². The van der Waals surface area contributed by atoms with Crippen molar-refractivity contribution in [3.8, 4) is 11.4 Å². The average Bonchev–Trinajstić information content (AvgIpc) is 2.43. The maximum absolute atomic E-state index is 12.1. The Morgan fingerprint density at radius 2 is 2.10 bits per heavy atom. The van der Waals surface area contributed by atoms with Gasteiger partial charge in [-0.05, 0) is 12.5 Å². The minimum Gasteiger partial charge on any atom is -0.396 e. The Bertz CT molecular complexity index is 650. The Hall–Kier alpha value is -1.98. The Labute approximate surface area is 117 Å². The summed E-state index contributed by atoms with van der Waals surface area (Å²) in [5.41, 5.74) is 2.79. The number of aliphatic hydroxyl groups excluding tert-OH is 1. The van der Waals surface area contributed by atoms with Crippen LogP contribution in [0.3, 0.4) is 0 Å². The maximum Gasteiger partial charge on any atom is 0.254 e. The van der Waals surface area contributed by atoms with Gasteiger partial charge in [0.25, 0.3) is 5.56 Å². The van der Waals surface area contributed by atoms with E-state index >= 15 is 0 Å². The molecular formula is C15H18N2O3. The number of benzene rings is 1. The van der Waals surface area contributed by atoms with E-state index in [4.69, 9.17) is 9.84 Å². The third kappa shape index (κ3) is 2.95. The van der Waals surface area contributed by atoms with Gasteiger partial charge in [0.05, 0.1) is 6.61 Å². The van der Waals surface area contributed by atoms with Gasteiger partial charge in [0.1, 0.15) is 5.82 Å². The molecule has 0 fully saturated rings. The van der Waals surface area contributed by atoms with Crippen molar-refractivity contribution in [2.45, 2.75) is 20.0 Å². The number of aromatic nitrogens is 2. The summed E-state index contributed by atoms with van der Waals surface area (Å²) in [6, 6.07) is 7.65. The van der Waals surface area contributed by atoms with Crippen LogP contribution in [0.1, 0.15) is 16.8 Å². The van der Waals surface area contributed by atoms with Gasteiger partial charge in [-0.15, -0.1) is 0 Å². The lowest BCUT2D eigenvalue weighted by atomic mass is 10.1. The van der Waals surface area contributed by atoms with Crippen LogP contribution in [0.5, 0.6) is 0 Å². The first-order valence-corrected chi connectivity index (χ1v) is 6.45. The largest absolute Gasteiger partial charge is 0.396 e. The standard InChI is InChI=1S/C15H18N2O3/c1-10-12(7-8-18)15(19)17-14(16-10)13-6-4-3-5-11(13)9-20-2/h3-6,18H,7-9H2,1-2H3,(H,16,17,19). The molecule has 5 nitrogen and oxygen atoms in total. The zero-order valence-corrected chi connectivity index (χ0v) is 11.6. The van der Waals surface area contributed by atoms with Crippen LogP contribution in [-0.2, 0) is 17.8 Å². The van der Waals surface area contributed by atoms with Crippen molar-refractivity contribution in [1.82, 2.24) is 9.97 Å². The van der Waals surface area contributed by atoms with Gasteiger partial charge in [-0.25, -0.2) is 4.98 Å². The van der Waals surface area contributed by atoms with E-state index in [0.29, 0.717) is 30.1 Å². The topological polar surface area (TPSA) is 75.2 Å². The molecule has 0 saturated carbocycles. The molecule has 0 atom stereocenters. The maximum atomic E-state index is 12.1. The van der Waals surface area contributed by atoms with Gasteiger partial charge in [0.15, 0.2) is 0 Å². The van der Waals surface area contributed by atoms with Crippen LogP contribution in [0.2, 0.25) is 0 Å². The number of nitrogens with zero attached hydrogens (tertiary/aromatic N) is 1. The van der Waals surface area contributed by atoms with Gasteiger partial charge in [-0.2, -0.15) is 0 Å². The summed E-state index contributed by atoms with van der Waals surface area (Å²) < 4.78 is 5.16. The first-order valence-electron chi connectivity index (χ1n) is 6.45. The molecule has 1 aromatic heterocycles. The summed E-state index contributed by atoms with van der Waals surface area (Å²) >= 11 is 0. The Morgan fingerprint density at radius 1 is 1.35 bits per heavy atom. The molecule has 1 aromatic carbocycles. The molecule has 0 amide bonds. The van der Waals surface area contributed by atoms with E-state index in [0.717, 1.165) is 11.1 Å². The third-order valence-electron chi connectivity index (χ3n) is 3.16. The van der Waals surface area contributed by atoms with Crippen molar-refractivity contribution in [2.75, 3.05) is 13.7 Å². The van der Waals surface area contributed by atoms with Gasteiger partial charge in [-0.3, -0.25) is 4.79 Å². The van der Waals surface area contributed by atoms with Crippen LogP contribution in [0.15, 0.2) is 29.1 Å². The molecule has 0 aliphatic rings. The fourth-order valence-electron chi connectivity index (χ4n) is 2.18. The van der Waals surface area contributed by atoms with E-state index in [2.05, 4.69) is 9.97 Å². The molecule has 0 unspecified atom stereocenters. The normalized spacial score (nSPS) is 10.8. The van der Waals surface area contributed by atoms with Crippen LogP contribution in [0.4, 0.5) is 0 Å². The van der Waals surface area contributed by atoms with Crippen molar-refractivity contribution in [3.05, 3.63) is 51.4 Å². The number of rotatable bonds is 5. The zero-order chi connectivity index (χ0) is 14.5. The Morgan fingerprint density at radius 3 is 2.75 bits per heavy atom. The van der Waals surface area contributed by atoms with Crippen molar-refractivity contribution in [2.24, 2.45) is 0 Å². The molecule has 0 spiro atoms. The molecule has 0 radical (unpaired) electrons. The lowest BCUT2D eigenvalue weighted by molar-refractivity contribution is 0.185. The minimum atomic E-state index is -0.200. The quantitative estimate of drug-likeness (QED) is 0.864. The minimum absolute atomic E-state index is 0.0643. The van der Waals surface area contributed by atoms with Crippen LogP contribution in [-0.4, -0.2) is 28.8 Å². The lowest BCUT2D eigenvalue weighted by Crippen LogP contribution is -2.18. The monoisotopic (exact) mass is 274 g/mol. The summed E-state index contributed by atoms with van der Waals surface area (Å²) in [5.74, 6) is 0.529. The third-order valence-corrected chi connectivity index (χ3v) is 3.16. The van der Waals surface area contributed by atoms with Crippen LogP contribution < -0.4 is 5.56 Å². The summed E-state index contributed by atoms with van der Waals surface area (Å²) in [6.07, 6.45) is 0.314. The van der Waals surface area contributed by atoms with Gasteiger partial charge < -0.3 is 14.8 Å². The number of methoxy groups -OCH3 is 1. The molecule has 5 heteroatoms. The highest BCUT2D eigenvalue weighted by Gasteiger charge is 2.11. The molecule has 1 heterocycles. The highest BCUT2D eigenvalue weighted by atomic mass is 16.5. The van der Waals surface area contributed by atoms with E-state index in [9.17, 15) is 4.79 Å². The highest BCUT2D eigenvalue weighted by molar-refractivity contribution is 5.60. The number of H-pyrrole nitrogens is 1. The summed E-state index contributed by atoms with van der Waals surface area (Å²) in [6.45, 7) is 2.17. The van der Waals surface area contributed by atoms with Crippen LogP contribution in [0.25, 0.3) is 11.4 Å². The molecule has 0 aliphatic carbocycles. The second-order valence-electron chi connectivity index (χ2n) is 4.54. The number of nitrogens with one attached hydrogen (secondary N) is 1. The summed E-state index contributed by atoms with van der Waals surface area (Å²) in [5, 5.41) is 8.97. The number of aliphatic hydroxyl groups is 1. The van der Waals surface area contributed by atoms with Gasteiger partial charge in [0.2, 0.25) is 0 Å². The van der Waals surface area contributed by atoms with E-state index < -0.39 is 0 Å². The number of hydrogen-bond donors (Lipinski definition) is 2. The Kier molecular flexibility index (Phi) is 4.65. The number of aryl methyl sites for hydroxylation is 1. The zero-order valence-electron chi connectivity index (χ0n) is 11.6. The average molecular weight is 274 g/mol. The molecule has 20 heavy (non-hydrogen) atoms. The van der Waals surface area contributed by atoms with Gasteiger partial charge >= 0.3 is 0 Å². The molecule has 0 bridgehead atoms. The van der Waals surface area contributed by atoms with Crippen molar-refractivity contribution in [3.63, 3.8) is 0 Å². The smallest absolute Gasteiger partial charge is 0.254 e. The fourth-order valence-corrected chi connectivity index (χ4v) is 2.18. The molecule has 0 saturated heterocycles. The number of hydrogen-bond acceptors (Lipinski definition) is 4. The van der Waals surface area contributed by atoms with E-state index in [-0.39, 0.29) is 12.2 Å². The van der Waals surface area contributed by atoms with Gasteiger partial charge in [0, 0.05) is 37.0 Å². The van der Waals surface area contributed by atoms with E-state index in [1.165, 1.54) is 0 Å². The molecule has 2 N–H and O–H groups in total. The molecular weight excluding hydrogens is 256 g/mol. The summed E-state index contributed by atoms with van der Waals surface area (Å²) in [7, 11) is 1.63. The molecule has 106 valence electrons. The Balaban J connectivity index is 2.52. The SMILES string of the molecule is COCc1ccccc1-c1nc(C)c(CCO)c(=O)[nH]1. The van der Waals surface area contributed by atoms with Gasteiger partial charge in [-0.1, -0.05) is 24.3 Å². The van der Waals surface area contributed by atoms with Crippen molar-refractivity contribution in [1.29, 1.82) is 0 Å². The van der Waals surface area contributed by atoms with E-state index in [1.54, 1.807) is 14.0 Å². The number of aromatic amines is 1. The van der Waals surface area contributed by atoms with Crippen LogP contribution in [0, 0.1) is 6.92 Å². The predicted molar refractivity (Wildman–Crippen MR) is 76.5 cm³/mol. The second-order valence-corrected chi connectivity index (χ2v) is 4.54. The molecule has 2 aromatic rings. The second kappa shape index (κ2) is 6.45. The lowest BCUT2D eigenvalue weighted by Gasteiger charge is -2.10. The first kappa shape index (κ1) is 14.4. The predicted octanol–water partition coefficient (Wildman–Crippen LogP) is 1.43. The highest BCUT2D eigenvalue weighted by Crippen LogP contribution is 2.20. The summed E-state index contributed by atoms with van der Waals surface area (Å²) in [4.78, 5) is 19.3.